The fraction of sp³-hybridized carbons (Fsp3) is 1.00. The van der Waals surface area contributed by atoms with E-state index in [4.69, 9.17) is 10.5 Å². The van der Waals surface area contributed by atoms with E-state index in [1.54, 1.807) is 0 Å². The van der Waals surface area contributed by atoms with E-state index >= 15 is 0 Å². The number of nitrogens with two attached hydrogens (primary N) is 1. The van der Waals surface area contributed by atoms with Gasteiger partial charge in [-0.3, -0.25) is 0 Å². The summed E-state index contributed by atoms with van der Waals surface area (Å²) < 4.78 is 40.5. The van der Waals surface area contributed by atoms with E-state index in [-0.39, 0.29) is 18.4 Å². The molecule has 0 saturated heterocycles. The molecule has 104 valence electrons. The second-order valence-electron chi connectivity index (χ2n) is 5.16. The summed E-state index contributed by atoms with van der Waals surface area (Å²) in [4.78, 5) is 0. The SMILES string of the molecule is CC(C)(CN)CCCCOCCCC(F)(F)F. The van der Waals surface area contributed by atoms with Crippen LogP contribution in [0.5, 0.6) is 0 Å². The fourth-order valence-electron chi connectivity index (χ4n) is 1.39. The monoisotopic (exact) mass is 255 g/mol. The van der Waals surface area contributed by atoms with Crippen molar-refractivity contribution in [2.75, 3.05) is 19.8 Å². The van der Waals surface area contributed by atoms with Crippen molar-refractivity contribution in [2.45, 2.75) is 52.1 Å². The van der Waals surface area contributed by atoms with Crippen LogP contribution in [0, 0.1) is 5.41 Å². The summed E-state index contributed by atoms with van der Waals surface area (Å²) in [5.41, 5.74) is 5.74. The van der Waals surface area contributed by atoms with Crippen molar-refractivity contribution >= 4 is 0 Å². The number of unbranched alkanes of at least 4 members (excludes halogenated alkanes) is 1. The Balaban J connectivity index is 3.25. The van der Waals surface area contributed by atoms with Gasteiger partial charge in [-0.25, -0.2) is 0 Å². The Morgan fingerprint density at radius 1 is 0.941 bits per heavy atom. The lowest BCUT2D eigenvalue weighted by molar-refractivity contribution is -0.137. The molecule has 0 aromatic rings. The molecule has 0 unspecified atom stereocenters. The molecular weight excluding hydrogens is 231 g/mol. The summed E-state index contributed by atoms with van der Waals surface area (Å²) in [5, 5.41) is 0. The molecule has 0 saturated carbocycles. The van der Waals surface area contributed by atoms with Gasteiger partial charge >= 0.3 is 6.18 Å². The first-order valence-electron chi connectivity index (χ1n) is 6.11. The predicted molar refractivity (Wildman–Crippen MR) is 62.8 cm³/mol. The highest BCUT2D eigenvalue weighted by atomic mass is 19.4. The van der Waals surface area contributed by atoms with E-state index < -0.39 is 12.6 Å². The Labute approximate surface area is 102 Å². The lowest BCUT2D eigenvalue weighted by Gasteiger charge is -2.21. The van der Waals surface area contributed by atoms with E-state index in [0.29, 0.717) is 13.2 Å². The summed E-state index contributed by atoms with van der Waals surface area (Å²) in [5.74, 6) is 0. The van der Waals surface area contributed by atoms with E-state index in [1.165, 1.54) is 0 Å². The molecule has 2 N–H and O–H groups in total. The van der Waals surface area contributed by atoms with Crippen molar-refractivity contribution in [1.29, 1.82) is 0 Å². The second-order valence-corrected chi connectivity index (χ2v) is 5.16. The third kappa shape index (κ3) is 12.0. The molecule has 17 heavy (non-hydrogen) atoms. The van der Waals surface area contributed by atoms with Crippen molar-refractivity contribution in [3.05, 3.63) is 0 Å². The van der Waals surface area contributed by atoms with Crippen molar-refractivity contribution in [3.63, 3.8) is 0 Å². The molecule has 0 aromatic heterocycles. The van der Waals surface area contributed by atoms with E-state index in [9.17, 15) is 13.2 Å². The molecule has 0 amide bonds. The molecule has 0 rings (SSSR count). The van der Waals surface area contributed by atoms with Gasteiger partial charge in [-0.1, -0.05) is 20.3 Å². The van der Waals surface area contributed by atoms with Gasteiger partial charge in [0.1, 0.15) is 0 Å². The van der Waals surface area contributed by atoms with E-state index in [2.05, 4.69) is 13.8 Å². The summed E-state index contributed by atoms with van der Waals surface area (Å²) in [6.45, 7) is 5.60. The van der Waals surface area contributed by atoms with Crippen LogP contribution in [0.2, 0.25) is 0 Å². The average Bonchev–Trinajstić information content (AvgIpc) is 2.20. The molecule has 0 aromatic carbocycles. The quantitative estimate of drug-likeness (QED) is 0.640. The van der Waals surface area contributed by atoms with Crippen LogP contribution >= 0.6 is 0 Å². The first kappa shape index (κ1) is 16.7. The van der Waals surface area contributed by atoms with E-state index in [0.717, 1.165) is 19.3 Å². The normalized spacial score (nSPS) is 13.1. The standard InChI is InChI=1S/C12H24F3NO/c1-11(2,10-16)6-3-4-8-17-9-5-7-12(13,14)15/h3-10,16H2,1-2H3. The van der Waals surface area contributed by atoms with Gasteiger partial charge in [0.15, 0.2) is 0 Å². The first-order valence-corrected chi connectivity index (χ1v) is 6.11. The van der Waals surface area contributed by atoms with Gasteiger partial charge in [0.25, 0.3) is 0 Å². The van der Waals surface area contributed by atoms with Gasteiger partial charge in [0.05, 0.1) is 0 Å². The highest BCUT2D eigenvalue weighted by molar-refractivity contribution is 4.68. The van der Waals surface area contributed by atoms with E-state index in [1.807, 2.05) is 0 Å². The summed E-state index contributed by atoms with van der Waals surface area (Å²) in [6.07, 6.45) is -1.85. The molecule has 0 aliphatic rings. The van der Waals surface area contributed by atoms with Crippen LogP contribution in [0.3, 0.4) is 0 Å². The molecule has 0 bridgehead atoms. The van der Waals surface area contributed by atoms with Gasteiger partial charge in [-0.15, -0.1) is 0 Å². The topological polar surface area (TPSA) is 35.2 Å². The molecular formula is C12H24F3NO. The molecule has 0 atom stereocenters. The maximum Gasteiger partial charge on any atom is 0.389 e. The lowest BCUT2D eigenvalue weighted by Crippen LogP contribution is -2.23. The van der Waals surface area contributed by atoms with Crippen molar-refractivity contribution < 1.29 is 17.9 Å². The zero-order chi connectivity index (χ0) is 13.4. The highest BCUT2D eigenvalue weighted by Gasteiger charge is 2.25. The predicted octanol–water partition coefficient (Wildman–Crippen LogP) is 3.50. The third-order valence-electron chi connectivity index (χ3n) is 2.69. The molecule has 0 spiro atoms. The molecule has 0 heterocycles. The van der Waals surface area contributed by atoms with Crippen molar-refractivity contribution in [1.82, 2.24) is 0 Å². The first-order chi connectivity index (χ1) is 7.77. The molecule has 0 radical (unpaired) electrons. The zero-order valence-electron chi connectivity index (χ0n) is 10.8. The Hall–Kier alpha value is -0.290. The second kappa shape index (κ2) is 7.93. The van der Waals surface area contributed by atoms with Crippen LogP contribution in [-0.2, 0) is 4.74 Å². The molecule has 0 aliphatic heterocycles. The average molecular weight is 255 g/mol. The van der Waals surface area contributed by atoms with Crippen molar-refractivity contribution in [3.8, 4) is 0 Å². The maximum atomic E-state index is 11.8. The molecule has 5 heteroatoms. The fourth-order valence-corrected chi connectivity index (χ4v) is 1.39. The van der Waals surface area contributed by atoms with Gasteiger partial charge < -0.3 is 10.5 Å². The van der Waals surface area contributed by atoms with Crippen LogP contribution in [-0.4, -0.2) is 25.9 Å². The van der Waals surface area contributed by atoms with Gasteiger partial charge in [0.2, 0.25) is 0 Å². The van der Waals surface area contributed by atoms with Gasteiger partial charge in [-0.05, 0) is 31.2 Å². The summed E-state index contributed by atoms with van der Waals surface area (Å²) >= 11 is 0. The maximum absolute atomic E-state index is 11.8. The smallest absolute Gasteiger partial charge is 0.381 e. The van der Waals surface area contributed by atoms with Crippen LogP contribution in [0.4, 0.5) is 13.2 Å². The number of alkyl halides is 3. The Kier molecular flexibility index (Phi) is 7.79. The van der Waals surface area contributed by atoms with Crippen LogP contribution in [0.25, 0.3) is 0 Å². The van der Waals surface area contributed by atoms with Crippen LogP contribution in [0.15, 0.2) is 0 Å². The third-order valence-corrected chi connectivity index (χ3v) is 2.69. The minimum absolute atomic E-state index is 0.0534. The van der Waals surface area contributed by atoms with Crippen molar-refractivity contribution in [2.24, 2.45) is 11.1 Å². The number of rotatable bonds is 9. The summed E-state index contributed by atoms with van der Waals surface area (Å²) in [7, 11) is 0. The lowest BCUT2D eigenvalue weighted by atomic mass is 9.87. The van der Waals surface area contributed by atoms with Gasteiger partial charge in [-0.2, -0.15) is 13.2 Å². The number of halogens is 3. The van der Waals surface area contributed by atoms with Gasteiger partial charge in [0, 0.05) is 19.6 Å². The number of ether oxygens (including phenoxy) is 1. The van der Waals surface area contributed by atoms with Crippen LogP contribution < -0.4 is 5.73 Å². The summed E-state index contributed by atoms with van der Waals surface area (Å²) in [6, 6.07) is 0. The molecule has 2 nitrogen and oxygen atoms in total. The Morgan fingerprint density at radius 3 is 2.06 bits per heavy atom. The molecule has 0 aliphatic carbocycles. The highest BCUT2D eigenvalue weighted by Crippen LogP contribution is 2.22. The number of hydrogen-bond acceptors (Lipinski definition) is 2. The zero-order valence-corrected chi connectivity index (χ0v) is 10.8. The van der Waals surface area contributed by atoms with Crippen LogP contribution in [0.1, 0.15) is 46.0 Å². The minimum atomic E-state index is -4.06. The Bertz CT molecular complexity index is 193. The Morgan fingerprint density at radius 2 is 1.53 bits per heavy atom. The largest absolute Gasteiger partial charge is 0.389 e. The minimum Gasteiger partial charge on any atom is -0.381 e. The molecule has 0 fully saturated rings. The number of hydrogen-bond donors (Lipinski definition) is 1.